The molecular weight excluding hydrogens is 270 g/mol. The molecule has 0 amide bonds. The number of likely N-dealkylation sites (N-methyl/N-ethyl adjacent to an activating group) is 1. The van der Waals surface area contributed by atoms with E-state index in [0.29, 0.717) is 13.1 Å². The van der Waals surface area contributed by atoms with Gasteiger partial charge in [0.2, 0.25) is 0 Å². The Labute approximate surface area is 124 Å². The highest BCUT2D eigenvalue weighted by Gasteiger charge is 2.18. The Morgan fingerprint density at radius 3 is 2.29 bits per heavy atom. The molecule has 0 spiro atoms. The van der Waals surface area contributed by atoms with Crippen LogP contribution in [0.1, 0.15) is 22.7 Å². The monoisotopic (exact) mass is 290 g/mol. The van der Waals surface area contributed by atoms with E-state index in [9.17, 15) is 8.78 Å². The number of nitrogens with two attached hydrogens (primary N) is 1. The van der Waals surface area contributed by atoms with Crippen LogP contribution < -0.4 is 5.73 Å². The number of benzene rings is 2. The van der Waals surface area contributed by atoms with E-state index < -0.39 is 0 Å². The van der Waals surface area contributed by atoms with Crippen molar-refractivity contribution in [2.24, 2.45) is 5.73 Å². The molecule has 0 aliphatic rings. The van der Waals surface area contributed by atoms with Gasteiger partial charge in [-0.3, -0.25) is 4.90 Å². The van der Waals surface area contributed by atoms with Crippen LogP contribution in [0.5, 0.6) is 0 Å². The van der Waals surface area contributed by atoms with Gasteiger partial charge in [-0.05, 0) is 54.9 Å². The molecule has 0 aliphatic heterocycles. The molecule has 1 atom stereocenters. The Bertz CT molecular complexity index is 596. The number of hydrogen-bond donors (Lipinski definition) is 1. The zero-order valence-electron chi connectivity index (χ0n) is 12.3. The molecule has 0 fully saturated rings. The van der Waals surface area contributed by atoms with Gasteiger partial charge in [0.05, 0.1) is 0 Å². The smallest absolute Gasteiger partial charge is 0.123 e. The van der Waals surface area contributed by atoms with E-state index in [1.807, 2.05) is 14.0 Å². The molecule has 1 unspecified atom stereocenters. The molecule has 0 aliphatic carbocycles. The average molecular weight is 290 g/mol. The molecule has 2 N–H and O–H groups in total. The third kappa shape index (κ3) is 3.86. The summed E-state index contributed by atoms with van der Waals surface area (Å²) in [7, 11) is 1.94. The van der Waals surface area contributed by atoms with E-state index >= 15 is 0 Å². The molecule has 0 saturated heterocycles. The first kappa shape index (κ1) is 15.6. The first-order valence-corrected chi connectivity index (χ1v) is 6.92. The molecule has 0 saturated carbocycles. The molecule has 0 aromatic heterocycles. The third-order valence-corrected chi connectivity index (χ3v) is 3.70. The van der Waals surface area contributed by atoms with Gasteiger partial charge in [-0.1, -0.05) is 18.2 Å². The highest BCUT2D eigenvalue weighted by Crippen LogP contribution is 2.24. The van der Waals surface area contributed by atoms with E-state index in [-0.39, 0.29) is 17.7 Å². The second-order valence-electron chi connectivity index (χ2n) is 5.29. The van der Waals surface area contributed by atoms with Crippen molar-refractivity contribution in [3.05, 3.63) is 70.8 Å². The third-order valence-electron chi connectivity index (χ3n) is 3.70. The van der Waals surface area contributed by atoms with E-state index in [1.54, 1.807) is 18.2 Å². The van der Waals surface area contributed by atoms with Crippen molar-refractivity contribution in [2.75, 3.05) is 13.6 Å². The predicted molar refractivity (Wildman–Crippen MR) is 80.8 cm³/mol. The number of hydrogen-bond acceptors (Lipinski definition) is 2. The Hall–Kier alpha value is -1.78. The van der Waals surface area contributed by atoms with Gasteiger partial charge in [0.15, 0.2) is 0 Å². The maximum Gasteiger partial charge on any atom is 0.123 e. The van der Waals surface area contributed by atoms with Crippen molar-refractivity contribution in [3.63, 3.8) is 0 Å². The maximum atomic E-state index is 13.5. The van der Waals surface area contributed by atoms with Crippen LogP contribution in [-0.4, -0.2) is 18.5 Å². The van der Waals surface area contributed by atoms with Crippen LogP contribution >= 0.6 is 0 Å². The minimum atomic E-state index is -0.260. The Morgan fingerprint density at radius 1 is 1.05 bits per heavy atom. The Kier molecular flexibility index (Phi) is 5.04. The maximum absolute atomic E-state index is 13.5. The number of nitrogens with zero attached hydrogens (tertiary/aromatic N) is 1. The first-order chi connectivity index (χ1) is 10.0. The summed E-state index contributed by atoms with van der Waals surface area (Å²) in [5, 5.41) is 0. The van der Waals surface area contributed by atoms with Crippen LogP contribution in [0.4, 0.5) is 8.78 Å². The van der Waals surface area contributed by atoms with Gasteiger partial charge >= 0.3 is 0 Å². The molecule has 2 aromatic rings. The van der Waals surface area contributed by atoms with E-state index in [1.165, 1.54) is 24.3 Å². The molecular formula is C17H20F2N2. The molecule has 4 heteroatoms. The van der Waals surface area contributed by atoms with E-state index in [4.69, 9.17) is 5.73 Å². The number of aryl methyl sites for hydroxylation is 1. The fraction of sp³-hybridized carbons (Fsp3) is 0.294. The van der Waals surface area contributed by atoms with Crippen LogP contribution in [0.2, 0.25) is 0 Å². The molecule has 0 bridgehead atoms. The Morgan fingerprint density at radius 2 is 1.67 bits per heavy atom. The molecule has 2 rings (SSSR count). The standard InChI is InChI=1S/C17H20F2N2/c1-12-3-6-15(19)9-16(12)17(10-20)21(2)11-13-4-7-14(18)8-5-13/h3-9,17H,10-11,20H2,1-2H3. The summed E-state index contributed by atoms with van der Waals surface area (Å²) in [6, 6.07) is 11.0. The highest BCUT2D eigenvalue weighted by molar-refractivity contribution is 5.30. The summed E-state index contributed by atoms with van der Waals surface area (Å²) in [5.74, 6) is -0.512. The van der Waals surface area contributed by atoms with Crippen LogP contribution in [0.25, 0.3) is 0 Å². The second-order valence-corrected chi connectivity index (χ2v) is 5.29. The van der Waals surface area contributed by atoms with Crippen molar-refractivity contribution >= 4 is 0 Å². The quantitative estimate of drug-likeness (QED) is 0.914. The van der Waals surface area contributed by atoms with Gasteiger partial charge in [0, 0.05) is 19.1 Å². The highest BCUT2D eigenvalue weighted by atomic mass is 19.1. The van der Waals surface area contributed by atoms with Gasteiger partial charge in [-0.2, -0.15) is 0 Å². The Balaban J connectivity index is 2.20. The average Bonchev–Trinajstić information content (AvgIpc) is 2.46. The number of rotatable bonds is 5. The normalized spacial score (nSPS) is 12.7. The van der Waals surface area contributed by atoms with Crippen LogP contribution in [0, 0.1) is 18.6 Å². The fourth-order valence-electron chi connectivity index (χ4n) is 2.50. The molecule has 112 valence electrons. The largest absolute Gasteiger partial charge is 0.329 e. The van der Waals surface area contributed by atoms with Crippen LogP contribution in [0.3, 0.4) is 0 Å². The van der Waals surface area contributed by atoms with Gasteiger partial charge in [0.25, 0.3) is 0 Å². The zero-order chi connectivity index (χ0) is 15.4. The lowest BCUT2D eigenvalue weighted by Crippen LogP contribution is -2.30. The summed E-state index contributed by atoms with van der Waals surface area (Å²) in [5.41, 5.74) is 8.77. The van der Waals surface area contributed by atoms with Crippen LogP contribution in [0.15, 0.2) is 42.5 Å². The lowest BCUT2D eigenvalue weighted by molar-refractivity contribution is 0.240. The van der Waals surface area contributed by atoms with Gasteiger partial charge in [0.1, 0.15) is 11.6 Å². The second kappa shape index (κ2) is 6.78. The van der Waals surface area contributed by atoms with Crippen molar-refractivity contribution in [1.29, 1.82) is 0 Å². The molecule has 0 heterocycles. The van der Waals surface area contributed by atoms with Crippen molar-refractivity contribution in [1.82, 2.24) is 4.90 Å². The molecule has 2 nitrogen and oxygen atoms in total. The summed E-state index contributed by atoms with van der Waals surface area (Å²) in [6.45, 7) is 2.96. The minimum Gasteiger partial charge on any atom is -0.329 e. The molecule has 21 heavy (non-hydrogen) atoms. The summed E-state index contributed by atoms with van der Waals surface area (Å²) >= 11 is 0. The van der Waals surface area contributed by atoms with E-state index in [2.05, 4.69) is 4.90 Å². The molecule has 2 aromatic carbocycles. The topological polar surface area (TPSA) is 29.3 Å². The minimum absolute atomic E-state index is 0.0780. The predicted octanol–water partition coefficient (Wildman–Crippen LogP) is 3.41. The zero-order valence-corrected chi connectivity index (χ0v) is 12.3. The summed E-state index contributed by atoms with van der Waals surface area (Å²) < 4.78 is 26.4. The van der Waals surface area contributed by atoms with Gasteiger partial charge < -0.3 is 5.73 Å². The first-order valence-electron chi connectivity index (χ1n) is 6.92. The van der Waals surface area contributed by atoms with E-state index in [0.717, 1.165) is 16.7 Å². The SMILES string of the molecule is Cc1ccc(F)cc1C(CN)N(C)Cc1ccc(F)cc1. The van der Waals surface area contributed by atoms with Gasteiger partial charge in [-0.25, -0.2) is 8.78 Å². The van der Waals surface area contributed by atoms with Crippen LogP contribution in [-0.2, 0) is 6.54 Å². The summed E-state index contributed by atoms with van der Waals surface area (Å²) in [4.78, 5) is 2.05. The molecule has 0 radical (unpaired) electrons. The fourth-order valence-corrected chi connectivity index (χ4v) is 2.50. The van der Waals surface area contributed by atoms with Crippen molar-refractivity contribution in [3.8, 4) is 0 Å². The summed E-state index contributed by atoms with van der Waals surface area (Å²) in [6.07, 6.45) is 0. The lowest BCUT2D eigenvalue weighted by atomic mass is 9.99. The number of halogens is 2. The van der Waals surface area contributed by atoms with Gasteiger partial charge in [-0.15, -0.1) is 0 Å². The van der Waals surface area contributed by atoms with Crippen molar-refractivity contribution in [2.45, 2.75) is 19.5 Å². The lowest BCUT2D eigenvalue weighted by Gasteiger charge is -2.28. The van der Waals surface area contributed by atoms with Crippen molar-refractivity contribution < 1.29 is 8.78 Å².